The van der Waals surface area contributed by atoms with Gasteiger partial charge in [-0.3, -0.25) is 0 Å². The molecule has 0 aliphatic carbocycles. The first-order chi connectivity index (χ1) is 9.31. The van der Waals surface area contributed by atoms with Gasteiger partial charge in [0.1, 0.15) is 6.33 Å². The van der Waals surface area contributed by atoms with Gasteiger partial charge in [-0.25, -0.2) is 9.97 Å². The first kappa shape index (κ1) is 14.3. The zero-order chi connectivity index (χ0) is 13.5. The van der Waals surface area contributed by atoms with Gasteiger partial charge in [-0.1, -0.05) is 26.2 Å². The lowest BCUT2D eigenvalue weighted by Crippen LogP contribution is -2.26. The quantitative estimate of drug-likeness (QED) is 0.768. The van der Waals surface area contributed by atoms with E-state index in [9.17, 15) is 0 Å². The Morgan fingerprint density at radius 1 is 1.32 bits per heavy atom. The number of nitrogens with zero attached hydrogens (tertiary/aromatic N) is 2. The van der Waals surface area contributed by atoms with Crippen molar-refractivity contribution in [1.29, 1.82) is 0 Å². The van der Waals surface area contributed by atoms with E-state index in [1.165, 1.54) is 25.7 Å². The summed E-state index contributed by atoms with van der Waals surface area (Å²) in [4.78, 5) is 8.65. The molecule has 0 aromatic carbocycles. The molecule has 0 saturated carbocycles. The van der Waals surface area contributed by atoms with Gasteiger partial charge >= 0.3 is 0 Å². The molecule has 0 bridgehead atoms. The third kappa shape index (κ3) is 4.16. The summed E-state index contributed by atoms with van der Waals surface area (Å²) >= 11 is 0. The van der Waals surface area contributed by atoms with Gasteiger partial charge in [0.25, 0.3) is 0 Å². The molecule has 1 atom stereocenters. The molecule has 1 aromatic heterocycles. The highest BCUT2D eigenvalue weighted by molar-refractivity contribution is 5.31. The molecule has 106 valence electrons. The largest absolute Gasteiger partial charge is 0.474 e. The van der Waals surface area contributed by atoms with E-state index >= 15 is 0 Å². The fourth-order valence-corrected chi connectivity index (χ4v) is 2.45. The van der Waals surface area contributed by atoms with Crippen molar-refractivity contribution in [2.75, 3.05) is 6.54 Å². The number of hydrogen-bond donors (Lipinski definition) is 1. The van der Waals surface area contributed by atoms with Crippen LogP contribution >= 0.6 is 0 Å². The van der Waals surface area contributed by atoms with Crippen molar-refractivity contribution in [3.63, 3.8) is 0 Å². The Labute approximate surface area is 116 Å². The fourth-order valence-electron chi connectivity index (χ4n) is 2.45. The van der Waals surface area contributed by atoms with E-state index in [2.05, 4.69) is 29.1 Å². The third-order valence-electron chi connectivity index (χ3n) is 3.61. The lowest BCUT2D eigenvalue weighted by Gasteiger charge is -2.21. The maximum absolute atomic E-state index is 6.00. The summed E-state index contributed by atoms with van der Waals surface area (Å²) in [5.74, 6) is 0.778. The Balaban J connectivity index is 1.88. The fraction of sp³-hybridized carbons (Fsp3) is 0.733. The number of aromatic nitrogens is 2. The number of ether oxygens (including phenoxy) is 1. The van der Waals surface area contributed by atoms with Crippen LogP contribution < -0.4 is 10.1 Å². The van der Waals surface area contributed by atoms with Crippen LogP contribution in [0.3, 0.4) is 0 Å². The van der Waals surface area contributed by atoms with Crippen LogP contribution in [-0.4, -0.2) is 22.6 Å². The molecular formula is C15H25N3O. The minimum absolute atomic E-state index is 0.234. The van der Waals surface area contributed by atoms with Gasteiger partial charge < -0.3 is 10.1 Å². The van der Waals surface area contributed by atoms with E-state index in [0.717, 1.165) is 43.1 Å². The van der Waals surface area contributed by atoms with Crippen LogP contribution in [0.25, 0.3) is 0 Å². The summed E-state index contributed by atoms with van der Waals surface area (Å²) < 4.78 is 6.00. The third-order valence-corrected chi connectivity index (χ3v) is 3.61. The van der Waals surface area contributed by atoms with E-state index in [1.54, 1.807) is 6.33 Å². The molecule has 1 N–H and O–H groups in total. The molecular weight excluding hydrogens is 238 g/mol. The Hall–Kier alpha value is -1.16. The summed E-state index contributed by atoms with van der Waals surface area (Å²) in [6, 6.07) is 0. The Bertz CT molecular complexity index is 395. The molecule has 0 saturated heterocycles. The van der Waals surface area contributed by atoms with Gasteiger partial charge in [-0.05, 0) is 19.8 Å². The molecule has 1 aliphatic rings. The highest BCUT2D eigenvalue weighted by atomic mass is 16.5. The van der Waals surface area contributed by atoms with Gasteiger partial charge in [0.2, 0.25) is 5.88 Å². The summed E-state index contributed by atoms with van der Waals surface area (Å²) in [7, 11) is 0. The first-order valence-corrected chi connectivity index (χ1v) is 7.51. The van der Waals surface area contributed by atoms with E-state index in [-0.39, 0.29) is 6.10 Å². The summed E-state index contributed by atoms with van der Waals surface area (Å²) in [5, 5.41) is 3.35. The topological polar surface area (TPSA) is 47.0 Å². The maximum atomic E-state index is 6.00. The van der Waals surface area contributed by atoms with Crippen LogP contribution in [0.4, 0.5) is 0 Å². The molecule has 1 aliphatic heterocycles. The van der Waals surface area contributed by atoms with Gasteiger partial charge in [0.15, 0.2) is 0 Å². The Morgan fingerprint density at radius 2 is 2.21 bits per heavy atom. The highest BCUT2D eigenvalue weighted by Gasteiger charge is 2.17. The summed E-state index contributed by atoms with van der Waals surface area (Å²) in [6.07, 6.45) is 9.07. The lowest BCUT2D eigenvalue weighted by atomic mass is 10.1. The van der Waals surface area contributed by atoms with Gasteiger partial charge in [-0.2, -0.15) is 0 Å². The van der Waals surface area contributed by atoms with Crippen LogP contribution in [0.5, 0.6) is 5.88 Å². The monoisotopic (exact) mass is 263 g/mol. The number of nitrogens with one attached hydrogen (secondary N) is 1. The zero-order valence-electron chi connectivity index (χ0n) is 12.1. The van der Waals surface area contributed by atoms with Crippen molar-refractivity contribution in [2.24, 2.45) is 0 Å². The summed E-state index contributed by atoms with van der Waals surface area (Å²) in [5.41, 5.74) is 2.29. The van der Waals surface area contributed by atoms with Crippen LogP contribution in [0.2, 0.25) is 0 Å². The average molecular weight is 263 g/mol. The average Bonchev–Trinajstić information content (AvgIpc) is 2.44. The molecule has 19 heavy (non-hydrogen) atoms. The van der Waals surface area contributed by atoms with Gasteiger partial charge in [0, 0.05) is 25.1 Å². The van der Waals surface area contributed by atoms with E-state index < -0.39 is 0 Å². The van der Waals surface area contributed by atoms with Crippen LogP contribution in [0.1, 0.15) is 57.2 Å². The molecule has 2 heterocycles. The van der Waals surface area contributed by atoms with Crippen LogP contribution in [0.15, 0.2) is 6.33 Å². The lowest BCUT2D eigenvalue weighted by molar-refractivity contribution is 0.194. The number of fused-ring (bicyclic) bond motifs is 1. The van der Waals surface area contributed by atoms with Crippen molar-refractivity contribution in [3.8, 4) is 5.88 Å². The van der Waals surface area contributed by atoms with Crippen LogP contribution in [0, 0.1) is 0 Å². The number of rotatable bonds is 7. The molecule has 2 rings (SSSR count). The molecule has 1 unspecified atom stereocenters. The SMILES string of the molecule is CCCCCCC(C)Oc1ncnc2c1CNCC2. The van der Waals surface area contributed by atoms with E-state index in [4.69, 9.17) is 4.74 Å². The second-order valence-corrected chi connectivity index (χ2v) is 5.31. The second-order valence-electron chi connectivity index (χ2n) is 5.31. The zero-order valence-corrected chi connectivity index (χ0v) is 12.1. The molecule has 1 aromatic rings. The molecule has 0 amide bonds. The predicted octanol–water partition coefficient (Wildman–Crippen LogP) is 2.86. The van der Waals surface area contributed by atoms with Crippen LogP contribution in [-0.2, 0) is 13.0 Å². The number of hydrogen-bond acceptors (Lipinski definition) is 4. The van der Waals surface area contributed by atoms with E-state index in [0.29, 0.717) is 0 Å². The molecule has 0 fully saturated rings. The van der Waals surface area contributed by atoms with Crippen molar-refractivity contribution in [1.82, 2.24) is 15.3 Å². The van der Waals surface area contributed by atoms with E-state index in [1.807, 2.05) is 0 Å². The predicted molar refractivity (Wildman–Crippen MR) is 76.3 cm³/mol. The normalized spacial score (nSPS) is 15.9. The molecule has 0 spiro atoms. The van der Waals surface area contributed by atoms with Crippen molar-refractivity contribution < 1.29 is 4.74 Å². The minimum Gasteiger partial charge on any atom is -0.474 e. The second kappa shape index (κ2) is 7.43. The summed E-state index contributed by atoms with van der Waals surface area (Å²) in [6.45, 7) is 6.20. The smallest absolute Gasteiger partial charge is 0.221 e. The van der Waals surface area contributed by atoms with Gasteiger partial charge in [0.05, 0.1) is 11.8 Å². The standard InChI is InChI=1S/C15H25N3O/c1-3-4-5-6-7-12(2)19-15-13-10-16-9-8-14(13)17-11-18-15/h11-12,16H,3-10H2,1-2H3. The van der Waals surface area contributed by atoms with Gasteiger partial charge in [-0.15, -0.1) is 0 Å². The Kier molecular flexibility index (Phi) is 5.58. The minimum atomic E-state index is 0.234. The number of unbranched alkanes of at least 4 members (excludes halogenated alkanes) is 3. The highest BCUT2D eigenvalue weighted by Crippen LogP contribution is 2.22. The molecule has 4 nitrogen and oxygen atoms in total. The van der Waals surface area contributed by atoms with Crippen molar-refractivity contribution >= 4 is 0 Å². The molecule has 0 radical (unpaired) electrons. The Morgan fingerprint density at radius 3 is 3.05 bits per heavy atom. The maximum Gasteiger partial charge on any atom is 0.221 e. The molecule has 4 heteroatoms. The van der Waals surface area contributed by atoms with Crippen molar-refractivity contribution in [3.05, 3.63) is 17.6 Å². The first-order valence-electron chi connectivity index (χ1n) is 7.51. The van der Waals surface area contributed by atoms with Crippen molar-refractivity contribution in [2.45, 2.75) is 65.0 Å².